The Bertz CT molecular complexity index is 263. The molecule has 1 saturated carbocycles. The minimum atomic E-state index is -0.105. The van der Waals surface area contributed by atoms with Crippen LogP contribution in [0.2, 0.25) is 0 Å². The molecule has 2 rings (SSSR count). The van der Waals surface area contributed by atoms with Crippen LogP contribution in [0.3, 0.4) is 0 Å². The summed E-state index contributed by atoms with van der Waals surface area (Å²) in [4.78, 5) is 12.7. The highest BCUT2D eigenvalue weighted by atomic mass is 32.2. The summed E-state index contributed by atoms with van der Waals surface area (Å²) in [6, 6.07) is 0. The van der Waals surface area contributed by atoms with Gasteiger partial charge in [-0.2, -0.15) is 0 Å². The third-order valence-corrected chi connectivity index (χ3v) is 7.20. The molecule has 1 heterocycles. The van der Waals surface area contributed by atoms with E-state index in [2.05, 4.69) is 13.8 Å². The highest BCUT2D eigenvalue weighted by Gasteiger charge is 2.48. The first-order valence-corrected chi connectivity index (χ1v) is 8.48. The summed E-state index contributed by atoms with van der Waals surface area (Å²) >= 11 is 0. The van der Waals surface area contributed by atoms with Crippen LogP contribution >= 0.6 is 0 Å². The number of carbonyl (C=O) groups is 1. The van der Waals surface area contributed by atoms with Crippen LogP contribution in [0.25, 0.3) is 0 Å². The van der Waals surface area contributed by atoms with Crippen LogP contribution in [0.5, 0.6) is 0 Å². The van der Waals surface area contributed by atoms with E-state index in [0.717, 1.165) is 37.6 Å². The van der Waals surface area contributed by atoms with Gasteiger partial charge in [0.15, 0.2) is 10.5 Å². The lowest BCUT2D eigenvalue weighted by molar-refractivity contribution is -0.125. The normalized spacial score (nSPS) is 24.8. The fourth-order valence-electron chi connectivity index (χ4n) is 3.03. The molecule has 98 valence electrons. The Morgan fingerprint density at radius 3 is 2.29 bits per heavy atom. The zero-order chi connectivity index (χ0) is 12.3. The van der Waals surface area contributed by atoms with Gasteiger partial charge in [0.1, 0.15) is 11.5 Å². The van der Waals surface area contributed by atoms with E-state index in [0.29, 0.717) is 11.7 Å². The van der Waals surface area contributed by atoms with Crippen molar-refractivity contribution in [2.24, 2.45) is 5.92 Å². The van der Waals surface area contributed by atoms with E-state index >= 15 is 0 Å². The van der Waals surface area contributed by atoms with Crippen molar-refractivity contribution in [2.75, 3.05) is 24.7 Å². The Labute approximate surface area is 108 Å². The first kappa shape index (κ1) is 13.4. The Kier molecular flexibility index (Phi) is 4.53. The minimum absolute atomic E-state index is 0.105. The van der Waals surface area contributed by atoms with E-state index in [4.69, 9.17) is 4.74 Å². The first-order chi connectivity index (χ1) is 8.12. The maximum Gasteiger partial charge on any atom is 0.190 e. The van der Waals surface area contributed by atoms with Gasteiger partial charge in [0.2, 0.25) is 0 Å². The van der Waals surface area contributed by atoms with Crippen LogP contribution in [-0.4, -0.2) is 35.2 Å². The van der Waals surface area contributed by atoms with Crippen LogP contribution in [0.4, 0.5) is 0 Å². The summed E-state index contributed by atoms with van der Waals surface area (Å²) in [5.41, 5.74) is 0. The van der Waals surface area contributed by atoms with Gasteiger partial charge in [-0.1, -0.05) is 19.3 Å². The van der Waals surface area contributed by atoms with Crippen molar-refractivity contribution in [3.05, 3.63) is 0 Å². The molecule has 2 nitrogen and oxygen atoms in total. The number of carbonyl (C=O) groups excluding carboxylic acids is 1. The molecule has 0 spiro atoms. The summed E-state index contributed by atoms with van der Waals surface area (Å²) < 4.78 is 5.31. The fraction of sp³-hybridized carbons (Fsp3) is 0.929. The SMILES string of the molecule is CC(C)(C(=O)C1CCCCC1)[S+]1CCOCC1. The molecule has 3 heteroatoms. The van der Waals surface area contributed by atoms with Gasteiger partial charge in [0, 0.05) is 16.8 Å². The van der Waals surface area contributed by atoms with Crippen molar-refractivity contribution in [1.29, 1.82) is 0 Å². The van der Waals surface area contributed by atoms with Gasteiger partial charge in [-0.15, -0.1) is 0 Å². The minimum Gasteiger partial charge on any atom is -0.372 e. The van der Waals surface area contributed by atoms with Gasteiger partial charge in [0.25, 0.3) is 0 Å². The van der Waals surface area contributed by atoms with Crippen LogP contribution in [0.1, 0.15) is 46.0 Å². The van der Waals surface area contributed by atoms with Gasteiger partial charge in [-0.3, -0.25) is 4.79 Å². The van der Waals surface area contributed by atoms with Crippen molar-refractivity contribution >= 4 is 16.7 Å². The molecular weight excluding hydrogens is 232 g/mol. The number of rotatable bonds is 3. The molecule has 0 aromatic rings. The van der Waals surface area contributed by atoms with Crippen LogP contribution in [0, 0.1) is 5.92 Å². The second-order valence-electron chi connectivity index (χ2n) is 5.72. The zero-order valence-corrected chi connectivity index (χ0v) is 12.0. The predicted octanol–water partition coefficient (Wildman–Crippen LogP) is 2.56. The second-order valence-corrected chi connectivity index (χ2v) is 8.55. The quantitative estimate of drug-likeness (QED) is 0.726. The number of hydrogen-bond donors (Lipinski definition) is 0. The first-order valence-electron chi connectivity index (χ1n) is 6.92. The van der Waals surface area contributed by atoms with Crippen LogP contribution in [0.15, 0.2) is 0 Å². The maximum absolute atomic E-state index is 12.7. The largest absolute Gasteiger partial charge is 0.372 e. The molecule has 0 unspecified atom stereocenters. The summed E-state index contributed by atoms with van der Waals surface area (Å²) in [6.45, 7) is 6.06. The van der Waals surface area contributed by atoms with Gasteiger partial charge in [0.05, 0.1) is 13.2 Å². The lowest BCUT2D eigenvalue weighted by Crippen LogP contribution is -2.49. The average molecular weight is 257 g/mol. The number of hydrogen-bond acceptors (Lipinski definition) is 2. The van der Waals surface area contributed by atoms with E-state index in [1.807, 2.05) is 0 Å². The van der Waals surface area contributed by atoms with Gasteiger partial charge < -0.3 is 4.74 Å². The third-order valence-electron chi connectivity index (χ3n) is 4.24. The van der Waals surface area contributed by atoms with Gasteiger partial charge in [-0.05, 0) is 26.7 Å². The average Bonchev–Trinajstić information content (AvgIpc) is 2.40. The van der Waals surface area contributed by atoms with Crippen molar-refractivity contribution < 1.29 is 9.53 Å². The van der Waals surface area contributed by atoms with Crippen molar-refractivity contribution in [3.63, 3.8) is 0 Å². The monoisotopic (exact) mass is 257 g/mol. The third kappa shape index (κ3) is 3.05. The highest BCUT2D eigenvalue weighted by Crippen LogP contribution is 2.33. The standard InChI is InChI=1S/C14H25O2S/c1-14(2,17-10-8-16-9-11-17)13(15)12-6-4-3-5-7-12/h12H,3-11H2,1-2H3/q+1. The molecule has 0 radical (unpaired) electrons. The fourth-order valence-corrected chi connectivity index (χ4v) is 5.35. The highest BCUT2D eigenvalue weighted by molar-refractivity contribution is 7.98. The summed E-state index contributed by atoms with van der Waals surface area (Å²) in [7, 11) is 0.239. The molecule has 1 saturated heterocycles. The summed E-state index contributed by atoms with van der Waals surface area (Å²) in [5.74, 6) is 3.08. The summed E-state index contributed by atoms with van der Waals surface area (Å²) in [5, 5.41) is 0. The molecule has 1 aliphatic heterocycles. The molecule has 0 N–H and O–H groups in total. The van der Waals surface area contributed by atoms with E-state index < -0.39 is 0 Å². The topological polar surface area (TPSA) is 26.3 Å². The molecule has 2 fully saturated rings. The Hall–Kier alpha value is -0.0200. The van der Waals surface area contributed by atoms with Gasteiger partial charge >= 0.3 is 0 Å². The lowest BCUT2D eigenvalue weighted by atomic mass is 9.82. The van der Waals surface area contributed by atoms with Crippen LogP contribution in [-0.2, 0) is 20.4 Å². The molecular formula is C14H25O2S+. The lowest BCUT2D eigenvalue weighted by Gasteiger charge is -2.31. The maximum atomic E-state index is 12.7. The molecule has 0 amide bonds. The van der Waals surface area contributed by atoms with Crippen molar-refractivity contribution in [3.8, 4) is 0 Å². The van der Waals surface area contributed by atoms with Gasteiger partial charge in [-0.25, -0.2) is 0 Å². The molecule has 17 heavy (non-hydrogen) atoms. The van der Waals surface area contributed by atoms with Crippen molar-refractivity contribution in [1.82, 2.24) is 0 Å². The van der Waals surface area contributed by atoms with E-state index in [1.165, 1.54) is 19.3 Å². The molecule has 0 bridgehead atoms. The molecule has 0 atom stereocenters. The summed E-state index contributed by atoms with van der Waals surface area (Å²) in [6.07, 6.45) is 6.10. The molecule has 1 aliphatic carbocycles. The van der Waals surface area contributed by atoms with Crippen molar-refractivity contribution in [2.45, 2.75) is 50.7 Å². The molecule has 0 aromatic heterocycles. The zero-order valence-electron chi connectivity index (χ0n) is 11.2. The molecule has 0 aromatic carbocycles. The number of Topliss-reactive ketones (excluding diaryl/α,β-unsaturated/α-hetero) is 1. The second kappa shape index (κ2) is 5.75. The van der Waals surface area contributed by atoms with E-state index in [9.17, 15) is 4.79 Å². The molecule has 2 aliphatic rings. The van der Waals surface area contributed by atoms with E-state index in [-0.39, 0.29) is 15.6 Å². The smallest absolute Gasteiger partial charge is 0.190 e. The Balaban J connectivity index is 1.99. The number of ether oxygens (including phenoxy) is 1. The Morgan fingerprint density at radius 1 is 1.12 bits per heavy atom. The number of ketones is 1. The van der Waals surface area contributed by atoms with Crippen LogP contribution < -0.4 is 0 Å². The van der Waals surface area contributed by atoms with E-state index in [1.54, 1.807) is 0 Å². The Morgan fingerprint density at radius 2 is 1.71 bits per heavy atom. The predicted molar refractivity (Wildman–Crippen MR) is 73.6 cm³/mol.